The highest BCUT2D eigenvalue weighted by atomic mass is 16.5. The lowest BCUT2D eigenvalue weighted by Gasteiger charge is -2.16. The van der Waals surface area contributed by atoms with E-state index in [9.17, 15) is 5.11 Å². The van der Waals surface area contributed by atoms with E-state index in [4.69, 9.17) is 4.74 Å². The Bertz CT molecular complexity index is 308. The van der Waals surface area contributed by atoms with Crippen LogP contribution in [-0.2, 0) is 0 Å². The third kappa shape index (κ3) is 2.52. The molecule has 0 fully saturated rings. The third-order valence-corrected chi connectivity index (χ3v) is 2.14. The van der Waals surface area contributed by atoms with Crippen LogP contribution in [0.25, 0.3) is 0 Å². The van der Waals surface area contributed by atoms with Crippen molar-refractivity contribution in [1.82, 2.24) is 0 Å². The normalized spacial score (nSPS) is 12.9. The molecule has 0 aliphatic carbocycles. The van der Waals surface area contributed by atoms with Gasteiger partial charge in [-0.15, -0.1) is 0 Å². The Morgan fingerprint density at radius 2 is 1.93 bits per heavy atom. The van der Waals surface area contributed by atoms with E-state index >= 15 is 0 Å². The van der Waals surface area contributed by atoms with Gasteiger partial charge in [0.2, 0.25) is 0 Å². The van der Waals surface area contributed by atoms with Gasteiger partial charge in [-0.25, -0.2) is 0 Å². The van der Waals surface area contributed by atoms with Crippen LogP contribution >= 0.6 is 0 Å². The van der Waals surface area contributed by atoms with Crippen LogP contribution in [0, 0.1) is 0 Å². The number of benzene rings is 1. The van der Waals surface area contributed by atoms with Gasteiger partial charge in [0.1, 0.15) is 13.6 Å². The summed E-state index contributed by atoms with van der Waals surface area (Å²) in [5.74, 6) is 0.860. The molecule has 0 aliphatic heterocycles. The zero-order chi connectivity index (χ0) is 10.7. The first-order valence-corrected chi connectivity index (χ1v) is 4.96. The van der Waals surface area contributed by atoms with E-state index in [1.807, 2.05) is 39.9 Å². The van der Waals surface area contributed by atoms with Crippen molar-refractivity contribution >= 4 is 13.3 Å². The smallest absolute Gasteiger partial charge is 0.144 e. The molecule has 0 spiro atoms. The fourth-order valence-electron chi connectivity index (χ4n) is 1.47. The Balaban J connectivity index is 3.01. The second-order valence-corrected chi connectivity index (χ2v) is 3.81. The van der Waals surface area contributed by atoms with Gasteiger partial charge in [-0.2, -0.15) is 0 Å². The van der Waals surface area contributed by atoms with E-state index in [2.05, 4.69) is 0 Å². The molecule has 3 heteroatoms. The zero-order valence-corrected chi connectivity index (χ0v) is 9.24. The Labute approximate surface area is 86.3 Å². The molecule has 1 N–H and O–H groups in total. The van der Waals surface area contributed by atoms with E-state index < -0.39 is 6.10 Å². The Morgan fingerprint density at radius 1 is 1.29 bits per heavy atom. The highest BCUT2D eigenvalue weighted by molar-refractivity contribution is 6.35. The molecule has 0 radical (unpaired) electrons. The lowest BCUT2D eigenvalue weighted by atomic mass is 9.87. The summed E-state index contributed by atoms with van der Waals surface area (Å²) in [7, 11) is 1.97. The molecule has 0 amide bonds. The van der Waals surface area contributed by atoms with Crippen LogP contribution in [0.1, 0.15) is 32.4 Å². The molecule has 2 nitrogen and oxygen atoms in total. The summed E-state index contributed by atoms with van der Waals surface area (Å²) < 4.78 is 5.62. The number of aliphatic hydroxyl groups is 1. The predicted octanol–water partition coefficient (Wildman–Crippen LogP) is 0.785. The number of hydrogen-bond donors (Lipinski definition) is 1. The van der Waals surface area contributed by atoms with Crippen LogP contribution in [0.3, 0.4) is 0 Å². The van der Waals surface area contributed by atoms with Crippen LogP contribution in [0.5, 0.6) is 5.75 Å². The van der Waals surface area contributed by atoms with E-state index in [1.54, 1.807) is 6.92 Å². The van der Waals surface area contributed by atoms with Gasteiger partial charge in [-0.1, -0.05) is 12.1 Å². The molecule has 0 aliphatic rings. The molecule has 1 rings (SSSR count). The summed E-state index contributed by atoms with van der Waals surface area (Å²) in [5, 5.41) is 9.51. The summed E-state index contributed by atoms with van der Waals surface area (Å²) in [6, 6.07) is 5.77. The molecule has 1 aromatic carbocycles. The van der Waals surface area contributed by atoms with Gasteiger partial charge in [0.25, 0.3) is 0 Å². The quantitative estimate of drug-likeness (QED) is 0.717. The van der Waals surface area contributed by atoms with Gasteiger partial charge in [-0.3, -0.25) is 0 Å². The Hall–Kier alpha value is -0.955. The SMILES string of the molecule is Bc1c(OC(C)C)cccc1[C@@H](C)O. The number of aliphatic hydroxyl groups excluding tert-OH is 1. The minimum absolute atomic E-state index is 0.165. The summed E-state index contributed by atoms with van der Waals surface area (Å²) >= 11 is 0. The third-order valence-electron chi connectivity index (χ3n) is 2.14. The topological polar surface area (TPSA) is 29.5 Å². The second kappa shape index (κ2) is 4.51. The van der Waals surface area contributed by atoms with Crippen LogP contribution < -0.4 is 10.2 Å². The molecule has 0 bridgehead atoms. The van der Waals surface area contributed by atoms with Crippen molar-refractivity contribution in [3.8, 4) is 5.75 Å². The van der Waals surface area contributed by atoms with Crippen molar-refractivity contribution in [3.63, 3.8) is 0 Å². The molecule has 14 heavy (non-hydrogen) atoms. The van der Waals surface area contributed by atoms with Crippen molar-refractivity contribution < 1.29 is 9.84 Å². The van der Waals surface area contributed by atoms with Crippen molar-refractivity contribution in [2.24, 2.45) is 0 Å². The van der Waals surface area contributed by atoms with Gasteiger partial charge in [0.05, 0.1) is 12.2 Å². The monoisotopic (exact) mass is 192 g/mol. The van der Waals surface area contributed by atoms with Crippen LogP contribution in [0.4, 0.5) is 0 Å². The van der Waals surface area contributed by atoms with Crippen LogP contribution in [-0.4, -0.2) is 19.1 Å². The molecule has 76 valence electrons. The first kappa shape index (κ1) is 11.1. The molecule has 0 heterocycles. The largest absolute Gasteiger partial charge is 0.492 e. The van der Waals surface area contributed by atoms with Gasteiger partial charge >= 0.3 is 0 Å². The first-order chi connectivity index (χ1) is 6.52. The molecule has 0 saturated carbocycles. The minimum atomic E-state index is -0.439. The molecular formula is C11H17BO2. The average molecular weight is 192 g/mol. The zero-order valence-electron chi connectivity index (χ0n) is 9.24. The predicted molar refractivity (Wildman–Crippen MR) is 61.0 cm³/mol. The van der Waals surface area contributed by atoms with Crippen molar-refractivity contribution in [2.75, 3.05) is 0 Å². The standard InChI is InChI=1S/C11H17BO2/c1-7(2)14-10-6-4-5-9(8(3)13)11(10)12/h4-8,13H,12H2,1-3H3/t8-/m1/s1. The molecular weight excluding hydrogens is 175 g/mol. The number of ether oxygens (including phenoxy) is 1. The van der Waals surface area contributed by atoms with Crippen LogP contribution in [0.15, 0.2) is 18.2 Å². The lowest BCUT2D eigenvalue weighted by Crippen LogP contribution is -2.19. The lowest BCUT2D eigenvalue weighted by molar-refractivity contribution is 0.199. The van der Waals surface area contributed by atoms with Gasteiger partial charge in [0, 0.05) is 0 Å². The first-order valence-electron chi connectivity index (χ1n) is 4.96. The van der Waals surface area contributed by atoms with Gasteiger partial charge in [-0.05, 0) is 37.9 Å². The van der Waals surface area contributed by atoms with Crippen LogP contribution in [0.2, 0.25) is 0 Å². The number of rotatable bonds is 3. The van der Waals surface area contributed by atoms with E-state index in [-0.39, 0.29) is 6.10 Å². The maximum Gasteiger partial charge on any atom is 0.144 e. The van der Waals surface area contributed by atoms with Crippen molar-refractivity contribution in [1.29, 1.82) is 0 Å². The van der Waals surface area contributed by atoms with E-state index in [0.29, 0.717) is 0 Å². The fraction of sp³-hybridized carbons (Fsp3) is 0.455. The maximum atomic E-state index is 9.51. The summed E-state index contributed by atoms with van der Waals surface area (Å²) in [6.45, 7) is 5.75. The fourth-order valence-corrected chi connectivity index (χ4v) is 1.47. The van der Waals surface area contributed by atoms with Crippen molar-refractivity contribution in [3.05, 3.63) is 23.8 Å². The van der Waals surface area contributed by atoms with E-state index in [1.165, 1.54) is 0 Å². The maximum absolute atomic E-state index is 9.51. The van der Waals surface area contributed by atoms with Crippen molar-refractivity contribution in [2.45, 2.75) is 33.0 Å². The average Bonchev–Trinajstić information content (AvgIpc) is 2.07. The number of hydrogen-bond acceptors (Lipinski definition) is 2. The van der Waals surface area contributed by atoms with Gasteiger partial charge < -0.3 is 9.84 Å². The summed E-state index contributed by atoms with van der Waals surface area (Å²) in [6.07, 6.45) is -0.274. The molecule has 0 saturated heterocycles. The summed E-state index contributed by atoms with van der Waals surface area (Å²) in [4.78, 5) is 0. The van der Waals surface area contributed by atoms with E-state index in [0.717, 1.165) is 16.8 Å². The molecule has 0 aromatic heterocycles. The second-order valence-electron chi connectivity index (χ2n) is 3.81. The Morgan fingerprint density at radius 3 is 2.43 bits per heavy atom. The Kier molecular flexibility index (Phi) is 3.58. The molecule has 0 unspecified atom stereocenters. The molecule has 1 atom stereocenters. The highest BCUT2D eigenvalue weighted by Crippen LogP contribution is 2.16. The molecule has 1 aromatic rings. The minimum Gasteiger partial charge on any atom is -0.492 e. The van der Waals surface area contributed by atoms with Gasteiger partial charge in [0.15, 0.2) is 0 Å². The summed E-state index contributed by atoms with van der Waals surface area (Å²) in [5.41, 5.74) is 1.96. The highest BCUT2D eigenvalue weighted by Gasteiger charge is 2.09.